The molecule has 2 amide bonds. The zero-order valence-corrected chi connectivity index (χ0v) is 14.8. The van der Waals surface area contributed by atoms with Crippen LogP contribution in [-0.4, -0.2) is 63.1 Å². The van der Waals surface area contributed by atoms with Gasteiger partial charge in [-0.2, -0.15) is 13.2 Å². The van der Waals surface area contributed by atoms with Gasteiger partial charge in [0.2, 0.25) is 0 Å². The van der Waals surface area contributed by atoms with Crippen molar-refractivity contribution in [2.24, 2.45) is 0 Å². The summed E-state index contributed by atoms with van der Waals surface area (Å²) in [5, 5.41) is 2.73. The van der Waals surface area contributed by atoms with Crippen molar-refractivity contribution in [2.75, 3.05) is 42.6 Å². The normalized spacial score (nSPS) is 23.1. The lowest BCUT2D eigenvalue weighted by atomic mass is 10.1. The smallest absolute Gasteiger partial charge is 0.368 e. The summed E-state index contributed by atoms with van der Waals surface area (Å²) in [6.07, 6.45) is -3.97. The molecule has 2 aliphatic heterocycles. The topological polar surface area (TPSA) is 69.7 Å². The lowest BCUT2D eigenvalue weighted by Gasteiger charge is -2.36. The monoisotopic (exact) mass is 391 g/mol. The van der Waals surface area contributed by atoms with E-state index < -0.39 is 21.6 Å². The fraction of sp³-hybridized carbons (Fsp3) is 0.562. The number of nitrogens with one attached hydrogen (secondary N) is 1. The zero-order chi connectivity index (χ0) is 18.9. The van der Waals surface area contributed by atoms with Crippen molar-refractivity contribution in [3.05, 3.63) is 29.8 Å². The van der Waals surface area contributed by atoms with Gasteiger partial charge in [-0.15, -0.1) is 0 Å². The molecule has 3 rings (SSSR count). The molecule has 0 spiro atoms. The van der Waals surface area contributed by atoms with Gasteiger partial charge in [0.25, 0.3) is 0 Å². The summed E-state index contributed by atoms with van der Waals surface area (Å²) in [5.41, 5.74) is -0.223. The molecule has 10 heteroatoms. The maximum Gasteiger partial charge on any atom is 0.416 e. The number of piperazine rings is 1. The van der Waals surface area contributed by atoms with Crippen LogP contribution in [0.15, 0.2) is 24.3 Å². The average molecular weight is 391 g/mol. The van der Waals surface area contributed by atoms with Crippen LogP contribution in [0.5, 0.6) is 0 Å². The third kappa shape index (κ3) is 4.40. The number of amides is 2. The fourth-order valence-electron chi connectivity index (χ4n) is 3.22. The average Bonchev–Trinajstić information content (AvgIpc) is 2.93. The summed E-state index contributed by atoms with van der Waals surface area (Å²) >= 11 is 0. The zero-order valence-electron chi connectivity index (χ0n) is 14.0. The van der Waals surface area contributed by atoms with E-state index in [1.165, 1.54) is 6.07 Å². The minimum Gasteiger partial charge on any atom is -0.368 e. The maximum atomic E-state index is 12.8. The van der Waals surface area contributed by atoms with Crippen molar-refractivity contribution in [1.29, 1.82) is 0 Å². The standard InChI is InChI=1S/C16H20F3N3O3S/c17-16(18,19)12-2-1-3-14(10-12)21-5-7-22(8-6-21)15(23)20-13-4-9-26(24,25)11-13/h1-3,10,13H,4-9,11H2,(H,20,23). The Balaban J connectivity index is 1.55. The summed E-state index contributed by atoms with van der Waals surface area (Å²) in [7, 11) is -3.07. The SMILES string of the molecule is O=C(NC1CCS(=O)(=O)C1)N1CCN(c2cccc(C(F)(F)F)c2)CC1. The lowest BCUT2D eigenvalue weighted by molar-refractivity contribution is -0.137. The van der Waals surface area contributed by atoms with E-state index in [2.05, 4.69) is 5.32 Å². The van der Waals surface area contributed by atoms with Crippen molar-refractivity contribution < 1.29 is 26.4 Å². The second-order valence-corrected chi connectivity index (χ2v) is 8.80. The molecule has 1 N–H and O–H groups in total. The number of halogens is 3. The van der Waals surface area contributed by atoms with E-state index in [4.69, 9.17) is 0 Å². The largest absolute Gasteiger partial charge is 0.416 e. The van der Waals surface area contributed by atoms with E-state index in [0.29, 0.717) is 38.3 Å². The molecule has 1 aromatic carbocycles. The van der Waals surface area contributed by atoms with E-state index >= 15 is 0 Å². The molecule has 1 atom stereocenters. The third-order valence-corrected chi connectivity index (χ3v) is 6.43. The Labute approximate surface area is 149 Å². The number of alkyl halides is 3. The molecule has 0 bridgehead atoms. The predicted molar refractivity (Wildman–Crippen MR) is 90.8 cm³/mol. The van der Waals surface area contributed by atoms with Crippen molar-refractivity contribution in [3.8, 4) is 0 Å². The number of hydrogen-bond acceptors (Lipinski definition) is 4. The maximum absolute atomic E-state index is 12.8. The Hall–Kier alpha value is -1.97. The minimum absolute atomic E-state index is 0.0388. The molecule has 1 aromatic rings. The van der Waals surface area contributed by atoms with E-state index in [0.717, 1.165) is 12.1 Å². The van der Waals surface area contributed by atoms with E-state index in [9.17, 15) is 26.4 Å². The van der Waals surface area contributed by atoms with Gasteiger partial charge in [0.1, 0.15) is 0 Å². The molecule has 0 aliphatic carbocycles. The summed E-state index contributed by atoms with van der Waals surface area (Å²) in [6.45, 7) is 1.55. The second kappa shape index (κ2) is 6.98. The van der Waals surface area contributed by atoms with Crippen LogP contribution >= 0.6 is 0 Å². The Kier molecular flexibility index (Phi) is 5.05. The number of carbonyl (C=O) groups excluding carboxylic acids is 1. The van der Waals surface area contributed by atoms with Gasteiger partial charge in [-0.05, 0) is 24.6 Å². The molecule has 0 aromatic heterocycles. The molecule has 26 heavy (non-hydrogen) atoms. The number of nitrogens with zero attached hydrogens (tertiary/aromatic N) is 2. The van der Waals surface area contributed by atoms with Crippen molar-refractivity contribution >= 4 is 21.6 Å². The van der Waals surface area contributed by atoms with Gasteiger partial charge in [0.15, 0.2) is 9.84 Å². The highest BCUT2D eigenvalue weighted by molar-refractivity contribution is 7.91. The molecule has 1 unspecified atom stereocenters. The van der Waals surface area contributed by atoms with Crippen LogP contribution < -0.4 is 10.2 Å². The Morgan fingerprint density at radius 1 is 1.15 bits per heavy atom. The summed E-state index contributed by atoms with van der Waals surface area (Å²) in [6, 6.07) is 4.44. The molecule has 0 radical (unpaired) electrons. The van der Waals surface area contributed by atoms with Crippen LogP contribution in [0.4, 0.5) is 23.7 Å². The lowest BCUT2D eigenvalue weighted by Crippen LogP contribution is -2.53. The van der Waals surface area contributed by atoms with Crippen LogP contribution in [0.1, 0.15) is 12.0 Å². The van der Waals surface area contributed by atoms with Crippen LogP contribution in [-0.2, 0) is 16.0 Å². The summed E-state index contributed by atoms with van der Waals surface area (Å²) in [4.78, 5) is 15.6. The summed E-state index contributed by atoms with van der Waals surface area (Å²) in [5.74, 6) is 0.0458. The molecule has 144 valence electrons. The number of benzene rings is 1. The van der Waals surface area contributed by atoms with Crippen molar-refractivity contribution in [3.63, 3.8) is 0 Å². The molecule has 2 saturated heterocycles. The van der Waals surface area contributed by atoms with Crippen LogP contribution in [0.2, 0.25) is 0 Å². The minimum atomic E-state index is -4.39. The van der Waals surface area contributed by atoms with E-state index in [1.54, 1.807) is 15.9 Å². The third-order valence-electron chi connectivity index (χ3n) is 4.67. The van der Waals surface area contributed by atoms with Crippen molar-refractivity contribution in [2.45, 2.75) is 18.6 Å². The molecule has 0 saturated carbocycles. The Bertz CT molecular complexity index is 774. The van der Waals surface area contributed by atoms with Crippen LogP contribution in [0, 0.1) is 0 Å². The highest BCUT2D eigenvalue weighted by Crippen LogP contribution is 2.31. The highest BCUT2D eigenvalue weighted by atomic mass is 32.2. The molecule has 2 aliphatic rings. The number of hydrogen-bond donors (Lipinski definition) is 1. The quantitative estimate of drug-likeness (QED) is 0.834. The molecule has 6 nitrogen and oxygen atoms in total. The van der Waals surface area contributed by atoms with Crippen LogP contribution in [0.3, 0.4) is 0 Å². The fourth-order valence-corrected chi connectivity index (χ4v) is 4.89. The van der Waals surface area contributed by atoms with Gasteiger partial charge in [0.05, 0.1) is 17.1 Å². The van der Waals surface area contributed by atoms with E-state index in [-0.39, 0.29) is 23.6 Å². The molecular formula is C16H20F3N3O3S. The van der Waals surface area contributed by atoms with Gasteiger partial charge in [0, 0.05) is 37.9 Å². The first kappa shape index (κ1) is 18.8. The van der Waals surface area contributed by atoms with Gasteiger partial charge in [-0.25, -0.2) is 13.2 Å². The Morgan fingerprint density at radius 2 is 1.85 bits per heavy atom. The second-order valence-electron chi connectivity index (χ2n) is 6.57. The number of urea groups is 1. The molecule has 2 fully saturated rings. The highest BCUT2D eigenvalue weighted by Gasteiger charge is 2.32. The van der Waals surface area contributed by atoms with Crippen molar-refractivity contribution in [1.82, 2.24) is 10.2 Å². The van der Waals surface area contributed by atoms with Crippen LogP contribution in [0.25, 0.3) is 0 Å². The predicted octanol–water partition coefficient (Wildman–Crippen LogP) is 1.72. The van der Waals surface area contributed by atoms with Gasteiger partial charge >= 0.3 is 12.2 Å². The first-order valence-corrected chi connectivity index (χ1v) is 10.1. The van der Waals surface area contributed by atoms with E-state index in [1.807, 2.05) is 0 Å². The molecule has 2 heterocycles. The Morgan fingerprint density at radius 3 is 2.42 bits per heavy atom. The van der Waals surface area contributed by atoms with Gasteiger partial charge < -0.3 is 15.1 Å². The molecular weight excluding hydrogens is 371 g/mol. The number of rotatable bonds is 2. The summed E-state index contributed by atoms with van der Waals surface area (Å²) < 4.78 is 61.4. The first-order valence-electron chi connectivity index (χ1n) is 8.32. The first-order chi connectivity index (χ1) is 12.1. The van der Waals surface area contributed by atoms with Gasteiger partial charge in [-0.3, -0.25) is 0 Å². The number of sulfone groups is 1. The number of carbonyl (C=O) groups is 1. The van der Waals surface area contributed by atoms with Gasteiger partial charge in [-0.1, -0.05) is 6.07 Å². The number of anilines is 1.